The van der Waals surface area contributed by atoms with Crippen LogP contribution in [0.15, 0.2) is 12.2 Å². The highest BCUT2D eigenvalue weighted by Gasteiger charge is 2.55. The third kappa shape index (κ3) is 5.62. The number of rotatable bonds is 8. The molecule has 5 atom stereocenters. The van der Waals surface area contributed by atoms with Crippen LogP contribution in [0.5, 0.6) is 0 Å². The molecular weight excluding hydrogens is 408 g/mol. The number of allylic oxidation sites excluding steroid dienone is 1. The van der Waals surface area contributed by atoms with E-state index in [0.717, 1.165) is 38.5 Å². The molecule has 0 spiro atoms. The van der Waals surface area contributed by atoms with E-state index in [9.17, 15) is 9.59 Å². The molecule has 0 aromatic rings. The SMILES string of the molecule is COC(=O)CCCC[C@@H]1C=C[C@H]2[C@@H](CCC[C@H]2O[Si](C)(C)C(C)(C)C)[C@]1(C)C(=O)OC. The van der Waals surface area contributed by atoms with Crippen LogP contribution in [0.4, 0.5) is 0 Å². The lowest BCUT2D eigenvalue weighted by atomic mass is 9.55. The highest BCUT2D eigenvalue weighted by atomic mass is 28.4. The topological polar surface area (TPSA) is 61.8 Å². The van der Waals surface area contributed by atoms with E-state index in [0.29, 0.717) is 6.42 Å². The smallest absolute Gasteiger partial charge is 0.312 e. The van der Waals surface area contributed by atoms with Gasteiger partial charge in [-0.25, -0.2) is 0 Å². The number of methoxy groups -OCH3 is 2. The van der Waals surface area contributed by atoms with E-state index in [2.05, 4.69) is 52.9 Å². The molecule has 0 heterocycles. The highest BCUT2D eigenvalue weighted by Crippen LogP contribution is 2.54. The zero-order chi connectivity index (χ0) is 23.4. The Bertz CT molecular complexity index is 665. The Morgan fingerprint density at radius 2 is 1.74 bits per heavy atom. The first-order valence-electron chi connectivity index (χ1n) is 11.9. The van der Waals surface area contributed by atoms with Gasteiger partial charge >= 0.3 is 11.9 Å². The highest BCUT2D eigenvalue weighted by molar-refractivity contribution is 6.74. The van der Waals surface area contributed by atoms with E-state index in [1.165, 1.54) is 14.2 Å². The van der Waals surface area contributed by atoms with Crippen molar-refractivity contribution < 1.29 is 23.5 Å². The van der Waals surface area contributed by atoms with Gasteiger partial charge in [-0.2, -0.15) is 0 Å². The molecule has 0 aromatic carbocycles. The van der Waals surface area contributed by atoms with Crippen LogP contribution in [0.2, 0.25) is 18.1 Å². The molecule has 1 fully saturated rings. The van der Waals surface area contributed by atoms with Gasteiger partial charge in [-0.15, -0.1) is 0 Å². The minimum absolute atomic E-state index is 0.113. The van der Waals surface area contributed by atoms with Crippen LogP contribution in [0.3, 0.4) is 0 Å². The molecule has 0 amide bonds. The fourth-order valence-corrected chi connectivity index (χ4v) is 6.61. The lowest BCUT2D eigenvalue weighted by molar-refractivity contribution is -0.164. The van der Waals surface area contributed by atoms with Gasteiger partial charge in [-0.05, 0) is 62.6 Å². The first-order valence-corrected chi connectivity index (χ1v) is 14.8. The maximum absolute atomic E-state index is 13.1. The van der Waals surface area contributed by atoms with Crippen LogP contribution < -0.4 is 0 Å². The van der Waals surface area contributed by atoms with Crippen LogP contribution in [-0.2, 0) is 23.5 Å². The molecule has 0 N–H and O–H groups in total. The normalized spacial score (nSPS) is 31.1. The molecule has 0 radical (unpaired) electrons. The third-order valence-electron chi connectivity index (χ3n) is 8.25. The van der Waals surface area contributed by atoms with Gasteiger partial charge in [-0.3, -0.25) is 9.59 Å². The van der Waals surface area contributed by atoms with Gasteiger partial charge in [0.1, 0.15) is 0 Å². The van der Waals surface area contributed by atoms with Gasteiger partial charge in [0.15, 0.2) is 8.32 Å². The summed E-state index contributed by atoms with van der Waals surface area (Å²) in [6.45, 7) is 13.6. The molecule has 2 aliphatic carbocycles. The van der Waals surface area contributed by atoms with E-state index in [1.54, 1.807) is 0 Å². The van der Waals surface area contributed by atoms with Crippen molar-refractivity contribution in [2.45, 2.75) is 96.9 Å². The molecule has 0 bridgehead atoms. The molecule has 2 rings (SSSR count). The van der Waals surface area contributed by atoms with E-state index >= 15 is 0 Å². The van der Waals surface area contributed by atoms with E-state index < -0.39 is 13.7 Å². The van der Waals surface area contributed by atoms with Crippen molar-refractivity contribution in [3.63, 3.8) is 0 Å². The van der Waals surface area contributed by atoms with Crippen LogP contribution in [0.1, 0.15) is 72.6 Å². The summed E-state index contributed by atoms with van der Waals surface area (Å²) in [5, 5.41) is 0.159. The molecule has 31 heavy (non-hydrogen) atoms. The zero-order valence-corrected chi connectivity index (χ0v) is 22.0. The second kappa shape index (κ2) is 10.2. The first-order chi connectivity index (χ1) is 14.4. The molecule has 5 nitrogen and oxygen atoms in total. The summed E-state index contributed by atoms with van der Waals surface area (Å²) in [6.07, 6.45) is 10.9. The minimum atomic E-state index is -1.90. The number of esters is 2. The van der Waals surface area contributed by atoms with Crippen molar-refractivity contribution in [1.29, 1.82) is 0 Å². The van der Waals surface area contributed by atoms with Crippen LogP contribution in [-0.4, -0.2) is 40.6 Å². The van der Waals surface area contributed by atoms with E-state index in [-0.39, 0.29) is 40.8 Å². The van der Waals surface area contributed by atoms with Gasteiger partial charge in [0.2, 0.25) is 0 Å². The fraction of sp³-hybridized carbons (Fsp3) is 0.840. The van der Waals surface area contributed by atoms with Gasteiger partial charge < -0.3 is 13.9 Å². The maximum Gasteiger partial charge on any atom is 0.312 e. The van der Waals surface area contributed by atoms with Crippen LogP contribution in [0.25, 0.3) is 0 Å². The quantitative estimate of drug-likeness (QED) is 0.199. The lowest BCUT2D eigenvalue weighted by Gasteiger charge is -2.52. The van der Waals surface area contributed by atoms with Crippen molar-refractivity contribution in [3.8, 4) is 0 Å². The number of ether oxygens (including phenoxy) is 2. The number of carbonyl (C=O) groups excluding carboxylic acids is 2. The number of hydrogen-bond donors (Lipinski definition) is 0. The largest absolute Gasteiger partial charge is 0.469 e. The molecule has 1 saturated carbocycles. The molecule has 178 valence electrons. The van der Waals surface area contributed by atoms with Gasteiger partial charge in [0.25, 0.3) is 0 Å². The number of fused-ring (bicyclic) bond motifs is 1. The second-order valence-electron chi connectivity index (χ2n) is 11.1. The van der Waals surface area contributed by atoms with Crippen molar-refractivity contribution in [2.75, 3.05) is 14.2 Å². The Morgan fingerprint density at radius 1 is 1.06 bits per heavy atom. The molecular formula is C25H44O5Si. The van der Waals surface area contributed by atoms with Crippen molar-refractivity contribution in [2.24, 2.45) is 23.2 Å². The monoisotopic (exact) mass is 452 g/mol. The standard InChI is InChI=1S/C25H44O5Si/c1-24(2,3)31(7,8)30-21-14-11-13-20-19(21)17-16-18(25(20,4)23(27)29-6)12-9-10-15-22(26)28-5/h16-21H,9-15H2,1-8H3/t18-,19+,20-,21-,25-/m1/s1. The molecule has 0 aromatic heterocycles. The Balaban J connectivity index is 2.23. The Kier molecular flexibility index (Phi) is 8.59. The van der Waals surface area contributed by atoms with Crippen molar-refractivity contribution in [3.05, 3.63) is 12.2 Å². The fourth-order valence-electron chi connectivity index (χ4n) is 5.23. The van der Waals surface area contributed by atoms with E-state index in [4.69, 9.17) is 13.9 Å². The van der Waals surface area contributed by atoms with E-state index in [1.807, 2.05) is 0 Å². The van der Waals surface area contributed by atoms with Crippen LogP contribution in [0, 0.1) is 23.2 Å². The van der Waals surface area contributed by atoms with Crippen LogP contribution >= 0.6 is 0 Å². The van der Waals surface area contributed by atoms with Crippen molar-refractivity contribution >= 4 is 20.3 Å². The second-order valence-corrected chi connectivity index (χ2v) is 15.9. The summed E-state index contributed by atoms with van der Waals surface area (Å²) in [5.41, 5.74) is -0.561. The minimum Gasteiger partial charge on any atom is -0.469 e. The molecule has 0 unspecified atom stereocenters. The molecule has 0 saturated heterocycles. The molecule has 6 heteroatoms. The third-order valence-corrected chi connectivity index (χ3v) is 12.8. The number of carbonyl (C=O) groups is 2. The summed E-state index contributed by atoms with van der Waals surface area (Å²) >= 11 is 0. The maximum atomic E-state index is 13.1. The molecule has 2 aliphatic rings. The Morgan fingerprint density at radius 3 is 2.32 bits per heavy atom. The number of unbranched alkanes of at least 4 members (excludes halogenated alkanes) is 1. The first kappa shape index (κ1) is 26.1. The summed E-state index contributed by atoms with van der Waals surface area (Å²) in [5.74, 6) is 0.300. The predicted molar refractivity (Wildman–Crippen MR) is 126 cm³/mol. The summed E-state index contributed by atoms with van der Waals surface area (Å²) in [4.78, 5) is 24.6. The van der Waals surface area contributed by atoms with Crippen molar-refractivity contribution in [1.82, 2.24) is 0 Å². The summed E-state index contributed by atoms with van der Waals surface area (Å²) in [7, 11) is 1.02. The molecule has 0 aliphatic heterocycles. The number of hydrogen-bond acceptors (Lipinski definition) is 5. The predicted octanol–water partition coefficient (Wildman–Crippen LogP) is 5.89. The zero-order valence-electron chi connectivity index (χ0n) is 21.0. The Labute approximate surface area is 190 Å². The van der Waals surface area contributed by atoms with Gasteiger partial charge in [0.05, 0.1) is 25.7 Å². The van der Waals surface area contributed by atoms with Gasteiger partial charge in [-0.1, -0.05) is 45.8 Å². The lowest BCUT2D eigenvalue weighted by Crippen LogP contribution is -2.54. The average molecular weight is 453 g/mol. The Hall–Kier alpha value is -1.14. The summed E-state index contributed by atoms with van der Waals surface area (Å²) in [6, 6.07) is 0. The summed E-state index contributed by atoms with van der Waals surface area (Å²) < 4.78 is 17.0. The van der Waals surface area contributed by atoms with Gasteiger partial charge in [0, 0.05) is 12.3 Å². The average Bonchev–Trinajstić information content (AvgIpc) is 2.71.